The van der Waals surface area contributed by atoms with E-state index < -0.39 is 0 Å². The van der Waals surface area contributed by atoms with E-state index in [1.807, 2.05) is 12.3 Å². The van der Waals surface area contributed by atoms with Crippen molar-refractivity contribution in [1.82, 2.24) is 9.88 Å². The normalized spacial score (nSPS) is 19.1. The van der Waals surface area contributed by atoms with Crippen molar-refractivity contribution < 1.29 is 0 Å². The highest BCUT2D eigenvalue weighted by Gasteiger charge is 2.41. The molecule has 0 fully saturated rings. The van der Waals surface area contributed by atoms with Crippen LogP contribution >= 0.6 is 0 Å². The third-order valence-corrected chi connectivity index (χ3v) is 5.15. The van der Waals surface area contributed by atoms with Crippen molar-refractivity contribution in [3.8, 4) is 11.1 Å². The fraction of sp³-hybridized carbons (Fsp3) is 0.350. The van der Waals surface area contributed by atoms with E-state index in [1.54, 1.807) is 0 Å². The molecular weight excluding hydrogens is 282 g/mol. The van der Waals surface area contributed by atoms with E-state index >= 15 is 0 Å². The molecule has 4 rings (SSSR count). The van der Waals surface area contributed by atoms with Gasteiger partial charge in [0.2, 0.25) is 0 Å². The van der Waals surface area contributed by atoms with Crippen LogP contribution in [0.25, 0.3) is 16.8 Å². The molecule has 0 unspecified atom stereocenters. The third-order valence-electron chi connectivity index (χ3n) is 5.15. The Morgan fingerprint density at radius 1 is 1.09 bits per heavy atom. The summed E-state index contributed by atoms with van der Waals surface area (Å²) in [5, 5.41) is 0. The van der Waals surface area contributed by atoms with E-state index in [-0.39, 0.29) is 0 Å². The summed E-state index contributed by atoms with van der Waals surface area (Å²) in [4.78, 5) is 9.65. The van der Waals surface area contributed by atoms with Gasteiger partial charge in [-0.1, -0.05) is 38.1 Å². The predicted octanol–water partition coefficient (Wildman–Crippen LogP) is 4.49. The van der Waals surface area contributed by atoms with E-state index in [9.17, 15) is 0 Å². The van der Waals surface area contributed by atoms with Gasteiger partial charge in [-0.25, -0.2) is 0 Å². The highest BCUT2D eigenvalue weighted by Crippen LogP contribution is 2.51. The van der Waals surface area contributed by atoms with E-state index in [2.05, 4.69) is 68.8 Å². The third kappa shape index (κ3) is 1.79. The van der Waals surface area contributed by atoms with Crippen LogP contribution in [0, 0.1) is 12.8 Å². The minimum absolute atomic E-state index is 0.303. The number of hydrogen-bond acceptors (Lipinski definition) is 3. The van der Waals surface area contributed by atoms with Crippen molar-refractivity contribution in [3.63, 3.8) is 0 Å². The second kappa shape index (κ2) is 4.85. The van der Waals surface area contributed by atoms with Crippen molar-refractivity contribution >= 4 is 11.4 Å². The van der Waals surface area contributed by atoms with Crippen LogP contribution in [0.4, 0.5) is 5.69 Å². The molecule has 2 aromatic rings. The molecule has 0 spiro atoms. The Labute approximate surface area is 138 Å². The highest BCUT2D eigenvalue weighted by molar-refractivity contribution is 6.00. The van der Waals surface area contributed by atoms with E-state index in [1.165, 1.54) is 33.8 Å². The minimum Gasteiger partial charge on any atom is -0.356 e. The van der Waals surface area contributed by atoms with Gasteiger partial charge in [0.1, 0.15) is 6.17 Å². The molecule has 0 radical (unpaired) electrons. The maximum absolute atomic E-state index is 4.77. The molecule has 3 heterocycles. The Balaban J connectivity index is 2.13. The first-order chi connectivity index (χ1) is 11.0. The number of fused-ring (bicyclic) bond motifs is 6. The van der Waals surface area contributed by atoms with Gasteiger partial charge in [0, 0.05) is 30.1 Å². The maximum atomic E-state index is 4.77. The zero-order valence-electron chi connectivity index (χ0n) is 14.5. The smallest absolute Gasteiger partial charge is 0.103 e. The lowest BCUT2D eigenvalue weighted by molar-refractivity contribution is 0.328. The molecule has 2 aliphatic heterocycles. The number of allylic oxidation sites excluding steroid dienone is 1. The summed E-state index contributed by atoms with van der Waals surface area (Å²) in [5.74, 6) is 0.461. The van der Waals surface area contributed by atoms with Crippen LogP contribution < -0.4 is 4.90 Å². The number of anilines is 1. The summed E-state index contributed by atoms with van der Waals surface area (Å²) in [6, 6.07) is 10.8. The summed E-state index contributed by atoms with van der Waals surface area (Å²) < 4.78 is 0. The van der Waals surface area contributed by atoms with Crippen LogP contribution in [-0.2, 0) is 0 Å². The topological polar surface area (TPSA) is 19.4 Å². The van der Waals surface area contributed by atoms with Gasteiger partial charge in [-0.2, -0.15) is 0 Å². The SMILES string of the molecule is Cc1cccc2c1N1C(=C(C(C)C)N(C)[C@@H]1C)c1ncccc1-2. The number of para-hydroxylation sites is 1. The molecule has 1 aromatic heterocycles. The Bertz CT molecular complexity index is 819. The first-order valence-corrected chi connectivity index (χ1v) is 8.34. The lowest BCUT2D eigenvalue weighted by Crippen LogP contribution is -2.37. The van der Waals surface area contributed by atoms with Gasteiger partial charge in [-0.15, -0.1) is 0 Å². The Morgan fingerprint density at radius 2 is 1.83 bits per heavy atom. The molecule has 3 heteroatoms. The molecule has 118 valence electrons. The summed E-state index contributed by atoms with van der Waals surface area (Å²) in [7, 11) is 2.20. The molecular formula is C20H23N3. The first kappa shape index (κ1) is 14.3. The van der Waals surface area contributed by atoms with Gasteiger partial charge >= 0.3 is 0 Å². The van der Waals surface area contributed by atoms with Gasteiger partial charge in [-0.3, -0.25) is 4.98 Å². The molecule has 23 heavy (non-hydrogen) atoms. The van der Waals surface area contributed by atoms with Gasteiger partial charge in [0.05, 0.1) is 17.1 Å². The van der Waals surface area contributed by atoms with E-state index in [0.717, 1.165) is 5.69 Å². The number of aryl methyl sites for hydroxylation is 1. The molecule has 0 N–H and O–H groups in total. The summed E-state index contributed by atoms with van der Waals surface area (Å²) in [5.41, 5.74) is 8.97. The average molecular weight is 305 g/mol. The largest absolute Gasteiger partial charge is 0.356 e. The number of pyridine rings is 1. The minimum atomic E-state index is 0.303. The Kier molecular flexibility index (Phi) is 3.02. The van der Waals surface area contributed by atoms with Gasteiger partial charge in [0.25, 0.3) is 0 Å². The monoisotopic (exact) mass is 305 g/mol. The van der Waals surface area contributed by atoms with Crippen molar-refractivity contribution in [2.24, 2.45) is 5.92 Å². The lowest BCUT2D eigenvalue weighted by Gasteiger charge is -2.36. The average Bonchev–Trinajstić information content (AvgIpc) is 2.80. The number of hydrogen-bond donors (Lipinski definition) is 0. The van der Waals surface area contributed by atoms with Crippen LogP contribution in [-0.4, -0.2) is 23.1 Å². The van der Waals surface area contributed by atoms with Crippen LogP contribution in [0.5, 0.6) is 0 Å². The van der Waals surface area contributed by atoms with Crippen LogP contribution in [0.3, 0.4) is 0 Å². The van der Waals surface area contributed by atoms with Gasteiger partial charge < -0.3 is 9.80 Å². The molecule has 0 saturated heterocycles. The van der Waals surface area contributed by atoms with E-state index in [4.69, 9.17) is 4.98 Å². The van der Waals surface area contributed by atoms with Crippen molar-refractivity contribution in [2.45, 2.75) is 33.9 Å². The standard InChI is InChI=1S/C20H23N3/c1-12(2)18-20-17-15(10-7-11-21-17)16-9-6-8-13(3)19(16)23(20)14(4)22(18)5/h6-12,14H,1-5H3/t14-/m0/s1. The van der Waals surface area contributed by atoms with Crippen LogP contribution in [0.1, 0.15) is 32.0 Å². The van der Waals surface area contributed by atoms with Gasteiger partial charge in [0.15, 0.2) is 0 Å². The zero-order chi connectivity index (χ0) is 16.3. The first-order valence-electron chi connectivity index (χ1n) is 8.34. The fourth-order valence-electron chi connectivity index (χ4n) is 4.07. The molecule has 1 aromatic carbocycles. The number of aromatic nitrogens is 1. The molecule has 0 saturated carbocycles. The Hall–Kier alpha value is -2.29. The molecule has 0 bridgehead atoms. The quantitative estimate of drug-likeness (QED) is 0.773. The zero-order valence-corrected chi connectivity index (χ0v) is 14.5. The molecule has 0 aliphatic carbocycles. The summed E-state index contributed by atoms with van der Waals surface area (Å²) in [6.45, 7) is 9.02. The fourth-order valence-corrected chi connectivity index (χ4v) is 4.07. The summed E-state index contributed by atoms with van der Waals surface area (Å²) >= 11 is 0. The number of rotatable bonds is 1. The molecule has 3 nitrogen and oxygen atoms in total. The second-order valence-electron chi connectivity index (χ2n) is 6.87. The van der Waals surface area contributed by atoms with Crippen LogP contribution in [0.15, 0.2) is 42.2 Å². The van der Waals surface area contributed by atoms with Crippen molar-refractivity contribution in [3.05, 3.63) is 53.5 Å². The van der Waals surface area contributed by atoms with Crippen molar-refractivity contribution in [2.75, 3.05) is 11.9 Å². The molecule has 2 aliphatic rings. The number of benzene rings is 1. The van der Waals surface area contributed by atoms with E-state index in [0.29, 0.717) is 12.1 Å². The maximum Gasteiger partial charge on any atom is 0.103 e. The molecule has 1 atom stereocenters. The Morgan fingerprint density at radius 3 is 2.57 bits per heavy atom. The molecule has 0 amide bonds. The van der Waals surface area contributed by atoms with Crippen molar-refractivity contribution in [1.29, 1.82) is 0 Å². The van der Waals surface area contributed by atoms with Gasteiger partial charge in [-0.05, 0) is 31.4 Å². The predicted molar refractivity (Wildman–Crippen MR) is 95.9 cm³/mol. The number of nitrogens with zero attached hydrogens (tertiary/aromatic N) is 3. The van der Waals surface area contributed by atoms with Crippen LogP contribution in [0.2, 0.25) is 0 Å². The second-order valence-corrected chi connectivity index (χ2v) is 6.87. The highest BCUT2D eigenvalue weighted by atomic mass is 15.4. The summed E-state index contributed by atoms with van der Waals surface area (Å²) in [6.07, 6.45) is 2.21. The lowest BCUT2D eigenvalue weighted by atomic mass is 9.91.